The Bertz CT molecular complexity index is 1070. The molecule has 1 atom stereocenters. The summed E-state index contributed by atoms with van der Waals surface area (Å²) in [6, 6.07) is 14.4. The average molecular weight is 387 g/mol. The van der Waals surface area contributed by atoms with Gasteiger partial charge in [-0.1, -0.05) is 18.2 Å². The van der Waals surface area contributed by atoms with Gasteiger partial charge in [0.2, 0.25) is 0 Å². The molecule has 3 aromatic rings. The summed E-state index contributed by atoms with van der Waals surface area (Å²) in [7, 11) is 0. The fraction of sp³-hybridized carbons (Fsp3) is 0.273. The summed E-state index contributed by atoms with van der Waals surface area (Å²) in [5.41, 5.74) is 18.8. The van der Waals surface area contributed by atoms with Crippen molar-refractivity contribution in [2.24, 2.45) is 10.7 Å². The van der Waals surface area contributed by atoms with Crippen molar-refractivity contribution in [3.05, 3.63) is 66.1 Å². The van der Waals surface area contributed by atoms with E-state index in [2.05, 4.69) is 38.5 Å². The van der Waals surface area contributed by atoms with Crippen LogP contribution in [0.4, 0.5) is 5.69 Å². The number of imidazole rings is 1. The summed E-state index contributed by atoms with van der Waals surface area (Å²) in [5, 5.41) is 3.49. The van der Waals surface area contributed by atoms with Crippen molar-refractivity contribution in [1.82, 2.24) is 20.2 Å². The van der Waals surface area contributed by atoms with E-state index < -0.39 is 0 Å². The van der Waals surface area contributed by atoms with Gasteiger partial charge >= 0.3 is 0 Å². The van der Waals surface area contributed by atoms with E-state index in [1.807, 2.05) is 30.3 Å². The van der Waals surface area contributed by atoms with Crippen molar-refractivity contribution in [2.45, 2.75) is 25.2 Å². The molecule has 7 heteroatoms. The van der Waals surface area contributed by atoms with Crippen LogP contribution < -0.4 is 16.8 Å². The average Bonchev–Trinajstić information content (AvgIpc) is 3.22. The van der Waals surface area contributed by atoms with Crippen LogP contribution in [0.1, 0.15) is 24.0 Å². The first-order chi connectivity index (χ1) is 14.2. The summed E-state index contributed by atoms with van der Waals surface area (Å²) >= 11 is 0. The van der Waals surface area contributed by atoms with Gasteiger partial charge in [0.05, 0.1) is 23.1 Å². The molecule has 0 bridgehead atoms. The van der Waals surface area contributed by atoms with Crippen LogP contribution in [0.2, 0.25) is 0 Å². The normalized spacial score (nSPS) is 20.9. The molecule has 1 fully saturated rings. The van der Waals surface area contributed by atoms with Crippen molar-refractivity contribution >= 4 is 28.0 Å². The number of hydrogen-bond acceptors (Lipinski definition) is 6. The molecule has 3 heterocycles. The van der Waals surface area contributed by atoms with Gasteiger partial charge < -0.3 is 21.8 Å². The van der Waals surface area contributed by atoms with E-state index in [0.717, 1.165) is 65.1 Å². The minimum Gasteiger partial charge on any atom is -0.399 e. The van der Waals surface area contributed by atoms with Crippen LogP contribution in [0.3, 0.4) is 0 Å². The first kappa shape index (κ1) is 17.9. The number of hydrogen-bond donors (Lipinski definition) is 4. The van der Waals surface area contributed by atoms with E-state index in [-0.39, 0.29) is 6.29 Å². The van der Waals surface area contributed by atoms with Crippen molar-refractivity contribution < 1.29 is 0 Å². The number of nitrogens with two attached hydrogens (primary N) is 2. The Morgan fingerprint density at radius 2 is 1.76 bits per heavy atom. The lowest BCUT2D eigenvalue weighted by atomic mass is 9.95. The second-order valence-electron chi connectivity index (χ2n) is 7.71. The van der Waals surface area contributed by atoms with Crippen molar-refractivity contribution in [3.8, 4) is 0 Å². The Morgan fingerprint density at radius 1 is 1.00 bits per heavy atom. The zero-order chi connectivity index (χ0) is 19.8. The molecule has 1 unspecified atom stereocenters. The second kappa shape index (κ2) is 7.35. The predicted molar refractivity (Wildman–Crippen MR) is 117 cm³/mol. The Morgan fingerprint density at radius 3 is 2.55 bits per heavy atom. The van der Waals surface area contributed by atoms with E-state index >= 15 is 0 Å². The van der Waals surface area contributed by atoms with Crippen molar-refractivity contribution in [3.63, 3.8) is 0 Å². The molecular weight excluding hydrogens is 362 g/mol. The molecule has 148 valence electrons. The number of benzene rings is 2. The minimum atomic E-state index is -0.0883. The molecule has 1 saturated heterocycles. The van der Waals surface area contributed by atoms with E-state index in [4.69, 9.17) is 16.5 Å². The highest BCUT2D eigenvalue weighted by molar-refractivity contribution is 6.32. The lowest BCUT2D eigenvalue weighted by molar-refractivity contribution is 0.143. The quantitative estimate of drug-likeness (QED) is 0.516. The maximum absolute atomic E-state index is 6.08. The van der Waals surface area contributed by atoms with Crippen LogP contribution in [0.25, 0.3) is 16.6 Å². The number of likely N-dealkylation sites (tertiary alicyclic amines) is 1. The Balaban J connectivity index is 1.53. The summed E-state index contributed by atoms with van der Waals surface area (Å²) in [5.74, 6) is 0. The molecule has 0 amide bonds. The van der Waals surface area contributed by atoms with Crippen LogP contribution in [0, 0.1) is 0 Å². The van der Waals surface area contributed by atoms with Crippen LogP contribution >= 0.6 is 0 Å². The molecule has 6 N–H and O–H groups in total. The fourth-order valence-corrected chi connectivity index (χ4v) is 4.00. The number of rotatable bonds is 3. The largest absolute Gasteiger partial charge is 0.399 e. The monoisotopic (exact) mass is 387 g/mol. The topological polar surface area (TPSA) is 108 Å². The van der Waals surface area contributed by atoms with E-state index in [1.54, 1.807) is 6.33 Å². The summed E-state index contributed by atoms with van der Waals surface area (Å²) in [6.45, 7) is 1.89. The maximum Gasteiger partial charge on any atom is 0.176 e. The molecule has 2 aromatic carbocycles. The SMILES string of the molecule is Nc1ccc(C2=NC(N3CCC(N)CC3)NC=C2c2ccc3nc[nH]c3c2)cc1. The van der Waals surface area contributed by atoms with E-state index in [1.165, 1.54) is 0 Å². The molecule has 0 radical (unpaired) electrons. The molecule has 2 aliphatic heterocycles. The first-order valence-electron chi connectivity index (χ1n) is 10.0. The van der Waals surface area contributed by atoms with Crippen LogP contribution in [0.5, 0.6) is 0 Å². The number of H-pyrrole nitrogens is 1. The highest BCUT2D eigenvalue weighted by Gasteiger charge is 2.27. The number of piperidine rings is 1. The molecule has 29 heavy (non-hydrogen) atoms. The predicted octanol–water partition coefficient (Wildman–Crippen LogP) is 2.29. The number of fused-ring (bicyclic) bond motifs is 1. The third-order valence-corrected chi connectivity index (χ3v) is 5.72. The van der Waals surface area contributed by atoms with E-state index in [9.17, 15) is 0 Å². The molecule has 0 saturated carbocycles. The number of nitrogens with zero attached hydrogens (tertiary/aromatic N) is 3. The molecule has 1 aromatic heterocycles. The summed E-state index contributed by atoms with van der Waals surface area (Å²) < 4.78 is 0. The smallest absolute Gasteiger partial charge is 0.176 e. The standard InChI is InChI=1S/C22H25N7/c23-16-4-1-14(2-5-16)21-18(15-3-6-19-20(11-15)27-13-26-19)12-25-22(28-21)29-9-7-17(24)8-10-29/h1-6,11-13,17,22,25H,7-10,23-24H2,(H,26,27). The number of allylic oxidation sites excluding steroid dienone is 1. The zero-order valence-corrected chi connectivity index (χ0v) is 16.2. The maximum atomic E-state index is 6.08. The number of anilines is 1. The van der Waals surface area contributed by atoms with Gasteiger partial charge in [-0.25, -0.2) is 9.98 Å². The summed E-state index contributed by atoms with van der Waals surface area (Å²) in [4.78, 5) is 15.0. The number of aliphatic imine (C=N–C) groups is 1. The first-order valence-corrected chi connectivity index (χ1v) is 10.0. The van der Waals surface area contributed by atoms with Crippen molar-refractivity contribution in [1.29, 1.82) is 0 Å². The number of aromatic amines is 1. The molecule has 0 spiro atoms. The fourth-order valence-electron chi connectivity index (χ4n) is 4.00. The Hall–Kier alpha value is -3.16. The van der Waals surface area contributed by atoms with Gasteiger partial charge in [0.1, 0.15) is 0 Å². The third-order valence-electron chi connectivity index (χ3n) is 5.72. The van der Waals surface area contributed by atoms with Crippen molar-refractivity contribution in [2.75, 3.05) is 18.8 Å². The Kier molecular flexibility index (Phi) is 4.54. The van der Waals surface area contributed by atoms with Gasteiger partial charge in [-0.15, -0.1) is 0 Å². The van der Waals surface area contributed by atoms with Crippen LogP contribution in [0.15, 0.2) is 60.0 Å². The van der Waals surface area contributed by atoms with Crippen LogP contribution in [-0.2, 0) is 0 Å². The highest BCUT2D eigenvalue weighted by Crippen LogP contribution is 2.27. The van der Waals surface area contributed by atoms with Crippen LogP contribution in [-0.4, -0.2) is 46.0 Å². The number of nitrogen functional groups attached to an aromatic ring is 1. The van der Waals surface area contributed by atoms with Gasteiger partial charge in [0.15, 0.2) is 6.29 Å². The van der Waals surface area contributed by atoms with Gasteiger partial charge in [0, 0.05) is 42.2 Å². The minimum absolute atomic E-state index is 0.0883. The molecular formula is C22H25N7. The lowest BCUT2D eigenvalue weighted by Gasteiger charge is -2.36. The molecule has 5 rings (SSSR count). The van der Waals surface area contributed by atoms with E-state index in [0.29, 0.717) is 6.04 Å². The van der Waals surface area contributed by atoms with Gasteiger partial charge in [-0.3, -0.25) is 4.90 Å². The van der Waals surface area contributed by atoms with Gasteiger partial charge in [0.25, 0.3) is 0 Å². The van der Waals surface area contributed by atoms with Gasteiger partial charge in [-0.05, 0) is 42.7 Å². The number of aromatic nitrogens is 2. The highest BCUT2D eigenvalue weighted by atomic mass is 15.4. The Labute approximate surface area is 169 Å². The van der Waals surface area contributed by atoms with Gasteiger partial charge in [-0.2, -0.15) is 0 Å². The molecule has 2 aliphatic rings. The summed E-state index contributed by atoms with van der Waals surface area (Å²) in [6.07, 6.45) is 5.70. The second-order valence-corrected chi connectivity index (χ2v) is 7.71. The third kappa shape index (κ3) is 3.50. The molecule has 0 aliphatic carbocycles. The molecule has 7 nitrogen and oxygen atoms in total. The number of nitrogens with one attached hydrogen (secondary N) is 2. The lowest BCUT2D eigenvalue weighted by Crippen LogP contribution is -2.50. The zero-order valence-electron chi connectivity index (χ0n) is 16.2.